The van der Waals surface area contributed by atoms with Crippen LogP contribution in [0.4, 0.5) is 11.6 Å². The van der Waals surface area contributed by atoms with Crippen LogP contribution < -0.4 is 20.9 Å². The smallest absolute Gasteiger partial charge is 0.205 e. The number of nitrogens with two attached hydrogens (primary N) is 1. The molecule has 0 spiro atoms. The summed E-state index contributed by atoms with van der Waals surface area (Å²) in [5.41, 5.74) is 2.55. The third kappa shape index (κ3) is 2.89. The molecule has 1 aliphatic carbocycles. The van der Waals surface area contributed by atoms with E-state index >= 15 is 0 Å². The second-order valence-electron chi connectivity index (χ2n) is 5.26. The highest BCUT2D eigenvalue weighted by atomic mass is 16.5. The Balaban J connectivity index is 2.25. The molecule has 1 heterocycles. The molecule has 6 nitrogen and oxygen atoms in total. The molecule has 1 aromatic heterocycles. The van der Waals surface area contributed by atoms with Crippen LogP contribution in [0.5, 0.6) is 5.75 Å². The first kappa shape index (κ1) is 13.9. The van der Waals surface area contributed by atoms with Crippen LogP contribution >= 0.6 is 0 Å². The molecule has 0 radical (unpaired) electrons. The first-order valence-electron chi connectivity index (χ1n) is 6.75. The predicted octanol–water partition coefficient (Wildman–Crippen LogP) is 1.79. The second kappa shape index (κ2) is 6.06. The van der Waals surface area contributed by atoms with Gasteiger partial charge in [-0.1, -0.05) is 19.8 Å². The summed E-state index contributed by atoms with van der Waals surface area (Å²) in [6, 6.07) is 0.498. The maximum atomic E-state index is 5.46. The fourth-order valence-electron chi connectivity index (χ4n) is 2.83. The zero-order valence-electron chi connectivity index (χ0n) is 11.9. The Kier molecular flexibility index (Phi) is 4.42. The highest BCUT2D eigenvalue weighted by molar-refractivity contribution is 5.64. The molecular formula is C13H23N5O. The number of methoxy groups -OCH3 is 1. The van der Waals surface area contributed by atoms with Gasteiger partial charge >= 0.3 is 0 Å². The van der Waals surface area contributed by atoms with E-state index in [1.165, 1.54) is 32.0 Å². The third-order valence-electron chi connectivity index (χ3n) is 3.92. The quantitative estimate of drug-likeness (QED) is 0.638. The lowest BCUT2D eigenvalue weighted by molar-refractivity contribution is 0.332. The van der Waals surface area contributed by atoms with Crippen LogP contribution in [0.2, 0.25) is 0 Å². The van der Waals surface area contributed by atoms with Crippen molar-refractivity contribution in [1.29, 1.82) is 0 Å². The van der Waals surface area contributed by atoms with Crippen molar-refractivity contribution in [2.24, 2.45) is 11.8 Å². The highest BCUT2D eigenvalue weighted by Crippen LogP contribution is 2.35. The first-order chi connectivity index (χ1) is 9.17. The van der Waals surface area contributed by atoms with E-state index in [0.29, 0.717) is 17.6 Å². The van der Waals surface area contributed by atoms with Crippen molar-refractivity contribution >= 4 is 11.6 Å². The molecule has 106 valence electrons. The van der Waals surface area contributed by atoms with Crippen LogP contribution in [0.1, 0.15) is 32.6 Å². The zero-order chi connectivity index (χ0) is 13.8. The molecule has 2 unspecified atom stereocenters. The number of hydrogen-bond acceptors (Lipinski definition) is 6. The van der Waals surface area contributed by atoms with Crippen molar-refractivity contribution in [1.82, 2.24) is 9.97 Å². The van der Waals surface area contributed by atoms with Crippen molar-refractivity contribution in [2.45, 2.75) is 38.6 Å². The average Bonchev–Trinajstić information content (AvgIpc) is 2.45. The van der Waals surface area contributed by atoms with E-state index in [-0.39, 0.29) is 0 Å². The van der Waals surface area contributed by atoms with Crippen LogP contribution in [-0.2, 0) is 0 Å². The van der Waals surface area contributed by atoms with Gasteiger partial charge in [0.25, 0.3) is 0 Å². The van der Waals surface area contributed by atoms with Gasteiger partial charge < -0.3 is 15.1 Å². The molecule has 1 saturated carbocycles. The minimum Gasteiger partial charge on any atom is -0.490 e. The monoisotopic (exact) mass is 265 g/mol. The predicted molar refractivity (Wildman–Crippen MR) is 76.2 cm³/mol. The molecule has 2 rings (SSSR count). The molecule has 1 aliphatic rings. The SMILES string of the molecule is COc1c(NN)ncnc1N(C)C1CCCC(C)C1. The molecule has 19 heavy (non-hydrogen) atoms. The van der Waals surface area contributed by atoms with Gasteiger partial charge in [0.05, 0.1) is 7.11 Å². The molecule has 0 amide bonds. The van der Waals surface area contributed by atoms with E-state index in [1.807, 2.05) is 0 Å². The topological polar surface area (TPSA) is 76.3 Å². The summed E-state index contributed by atoms with van der Waals surface area (Å²) in [5.74, 6) is 8.14. The number of anilines is 2. The van der Waals surface area contributed by atoms with Gasteiger partial charge in [0.1, 0.15) is 6.33 Å². The Morgan fingerprint density at radius 3 is 2.84 bits per heavy atom. The van der Waals surface area contributed by atoms with Crippen LogP contribution in [0.25, 0.3) is 0 Å². The molecule has 2 atom stereocenters. The fraction of sp³-hybridized carbons (Fsp3) is 0.692. The lowest BCUT2D eigenvalue weighted by atomic mass is 9.86. The van der Waals surface area contributed by atoms with E-state index in [4.69, 9.17) is 10.6 Å². The van der Waals surface area contributed by atoms with E-state index in [1.54, 1.807) is 7.11 Å². The van der Waals surface area contributed by atoms with Gasteiger partial charge in [-0.05, 0) is 18.8 Å². The number of ether oxygens (including phenoxy) is 1. The maximum absolute atomic E-state index is 5.46. The van der Waals surface area contributed by atoms with Crippen LogP contribution in [0.3, 0.4) is 0 Å². The van der Waals surface area contributed by atoms with Gasteiger partial charge in [-0.15, -0.1) is 0 Å². The Bertz CT molecular complexity index is 425. The van der Waals surface area contributed by atoms with E-state index < -0.39 is 0 Å². The number of nitrogens with zero attached hydrogens (tertiary/aromatic N) is 3. The van der Waals surface area contributed by atoms with Crippen molar-refractivity contribution < 1.29 is 4.74 Å². The largest absolute Gasteiger partial charge is 0.490 e. The summed E-state index contributed by atoms with van der Waals surface area (Å²) >= 11 is 0. The fourth-order valence-corrected chi connectivity index (χ4v) is 2.83. The van der Waals surface area contributed by atoms with Gasteiger partial charge in [0, 0.05) is 13.1 Å². The zero-order valence-corrected chi connectivity index (χ0v) is 11.9. The van der Waals surface area contributed by atoms with Gasteiger partial charge in [0.2, 0.25) is 5.75 Å². The van der Waals surface area contributed by atoms with Crippen molar-refractivity contribution in [3.05, 3.63) is 6.33 Å². The third-order valence-corrected chi connectivity index (χ3v) is 3.92. The first-order valence-corrected chi connectivity index (χ1v) is 6.75. The Labute approximate surface area is 114 Å². The Morgan fingerprint density at radius 1 is 1.42 bits per heavy atom. The average molecular weight is 265 g/mol. The van der Waals surface area contributed by atoms with Crippen molar-refractivity contribution in [3.63, 3.8) is 0 Å². The minimum atomic E-state index is 0.498. The number of rotatable bonds is 4. The lowest BCUT2D eigenvalue weighted by Gasteiger charge is -2.35. The minimum absolute atomic E-state index is 0.498. The summed E-state index contributed by atoms with van der Waals surface area (Å²) in [6.45, 7) is 2.31. The van der Waals surface area contributed by atoms with Crippen molar-refractivity contribution in [2.75, 3.05) is 24.5 Å². The standard InChI is InChI=1S/C13H23N5O/c1-9-5-4-6-10(7-9)18(2)13-11(19-3)12(17-14)15-8-16-13/h8-10H,4-7,14H2,1-3H3,(H,15,16,17). The Morgan fingerprint density at radius 2 is 2.21 bits per heavy atom. The molecular weight excluding hydrogens is 242 g/mol. The van der Waals surface area contributed by atoms with Gasteiger partial charge in [0.15, 0.2) is 11.6 Å². The molecule has 0 aliphatic heterocycles. The molecule has 1 aromatic rings. The van der Waals surface area contributed by atoms with Gasteiger partial charge in [-0.25, -0.2) is 15.8 Å². The van der Waals surface area contributed by atoms with E-state index in [2.05, 4.69) is 34.3 Å². The Hall–Kier alpha value is -1.56. The van der Waals surface area contributed by atoms with Crippen LogP contribution in [0, 0.1) is 5.92 Å². The molecule has 6 heteroatoms. The normalized spacial score (nSPS) is 22.9. The molecule has 1 fully saturated rings. The number of hydrazine groups is 1. The van der Waals surface area contributed by atoms with Gasteiger partial charge in [-0.3, -0.25) is 0 Å². The summed E-state index contributed by atoms with van der Waals surface area (Å²) in [5, 5.41) is 0. The second-order valence-corrected chi connectivity index (χ2v) is 5.26. The van der Waals surface area contributed by atoms with Crippen molar-refractivity contribution in [3.8, 4) is 5.75 Å². The highest BCUT2D eigenvalue weighted by Gasteiger charge is 2.26. The number of nitrogen functional groups attached to an aromatic ring is 1. The van der Waals surface area contributed by atoms with Crippen LogP contribution in [0.15, 0.2) is 6.33 Å². The van der Waals surface area contributed by atoms with Crippen LogP contribution in [-0.4, -0.2) is 30.2 Å². The molecule has 3 N–H and O–H groups in total. The molecule has 0 aromatic carbocycles. The van der Waals surface area contributed by atoms with E-state index in [9.17, 15) is 0 Å². The summed E-state index contributed by atoms with van der Waals surface area (Å²) in [4.78, 5) is 10.6. The number of aromatic nitrogens is 2. The lowest BCUT2D eigenvalue weighted by Crippen LogP contribution is -2.36. The van der Waals surface area contributed by atoms with Gasteiger partial charge in [-0.2, -0.15) is 0 Å². The number of nitrogens with one attached hydrogen (secondary N) is 1. The summed E-state index contributed by atoms with van der Waals surface area (Å²) < 4.78 is 5.40. The summed E-state index contributed by atoms with van der Waals surface area (Å²) in [7, 11) is 3.67. The summed E-state index contributed by atoms with van der Waals surface area (Å²) in [6.07, 6.45) is 6.48. The number of hydrogen-bond donors (Lipinski definition) is 2. The molecule has 0 saturated heterocycles. The van der Waals surface area contributed by atoms with E-state index in [0.717, 1.165) is 11.7 Å². The molecule has 0 bridgehead atoms. The maximum Gasteiger partial charge on any atom is 0.205 e.